The Morgan fingerprint density at radius 2 is 1.86 bits per heavy atom. The van der Waals surface area contributed by atoms with Crippen molar-refractivity contribution in [3.63, 3.8) is 0 Å². The van der Waals surface area contributed by atoms with Gasteiger partial charge in [-0.05, 0) is 42.2 Å². The molecule has 6 nitrogen and oxygen atoms in total. The minimum Gasteiger partial charge on any atom is -0.469 e. The van der Waals surface area contributed by atoms with E-state index in [1.54, 1.807) is 23.3 Å². The topological polar surface area (TPSA) is 75.7 Å². The number of carbonyl (C=O) groups is 2. The van der Waals surface area contributed by atoms with E-state index in [1.165, 1.54) is 6.26 Å². The summed E-state index contributed by atoms with van der Waals surface area (Å²) >= 11 is 0. The van der Waals surface area contributed by atoms with Crippen molar-refractivity contribution in [1.29, 1.82) is 0 Å². The zero-order valence-corrected chi connectivity index (χ0v) is 16.0. The first kappa shape index (κ1) is 17.8. The molecule has 2 aliphatic rings. The molecule has 0 radical (unpaired) electrons. The molecule has 2 atom stereocenters. The predicted octanol–water partition coefficient (Wildman–Crippen LogP) is 3.63. The summed E-state index contributed by atoms with van der Waals surface area (Å²) in [5, 5.41) is 3.17. The lowest BCUT2D eigenvalue weighted by Crippen LogP contribution is -2.53. The van der Waals surface area contributed by atoms with Crippen LogP contribution in [0.15, 0.2) is 63.8 Å². The zero-order chi connectivity index (χ0) is 19.8. The predicted molar refractivity (Wildman–Crippen MR) is 105 cm³/mol. The third-order valence-electron chi connectivity index (χ3n) is 5.91. The average molecular weight is 390 g/mol. The standard InChI is InChI=1S/C23H22N2O4/c26-22(24-18-7-3-8-20-17(18)10-12-29-20)19-13-15-5-1-2-6-16(15)14-25(19)23(27)21-9-4-11-28-21/h1-2,4-6,9-12,18-19H,3,7-8,13-14H2,(H,24,26). The Morgan fingerprint density at radius 1 is 1.00 bits per heavy atom. The average Bonchev–Trinajstić information content (AvgIpc) is 3.44. The first-order chi connectivity index (χ1) is 14.2. The van der Waals surface area contributed by atoms with E-state index in [0.717, 1.165) is 41.7 Å². The molecule has 2 amide bonds. The molecule has 1 aromatic carbocycles. The Bertz CT molecular complexity index is 1040. The number of carbonyl (C=O) groups excluding carboxylic acids is 2. The third kappa shape index (κ3) is 3.24. The fraction of sp³-hybridized carbons (Fsp3) is 0.304. The quantitative estimate of drug-likeness (QED) is 0.741. The van der Waals surface area contributed by atoms with E-state index in [-0.39, 0.29) is 23.6 Å². The van der Waals surface area contributed by atoms with E-state index in [1.807, 2.05) is 30.3 Å². The van der Waals surface area contributed by atoms with Gasteiger partial charge >= 0.3 is 0 Å². The van der Waals surface area contributed by atoms with Gasteiger partial charge in [-0.15, -0.1) is 0 Å². The second kappa shape index (κ2) is 7.28. The van der Waals surface area contributed by atoms with Crippen LogP contribution < -0.4 is 5.32 Å². The van der Waals surface area contributed by atoms with Gasteiger partial charge in [-0.1, -0.05) is 24.3 Å². The number of benzene rings is 1. The monoisotopic (exact) mass is 390 g/mol. The van der Waals surface area contributed by atoms with E-state index >= 15 is 0 Å². The second-order valence-corrected chi connectivity index (χ2v) is 7.65. The molecule has 2 unspecified atom stereocenters. The van der Waals surface area contributed by atoms with Crippen LogP contribution in [0.4, 0.5) is 0 Å². The Balaban J connectivity index is 1.43. The van der Waals surface area contributed by atoms with Crippen LogP contribution in [0.2, 0.25) is 0 Å². The van der Waals surface area contributed by atoms with Crippen LogP contribution in [0, 0.1) is 0 Å². The van der Waals surface area contributed by atoms with Crippen molar-refractivity contribution in [1.82, 2.24) is 10.2 Å². The van der Waals surface area contributed by atoms with Gasteiger partial charge < -0.3 is 19.1 Å². The highest BCUT2D eigenvalue weighted by Gasteiger charge is 2.37. The van der Waals surface area contributed by atoms with Gasteiger partial charge in [0.15, 0.2) is 5.76 Å². The van der Waals surface area contributed by atoms with E-state index < -0.39 is 6.04 Å². The number of nitrogens with zero attached hydrogens (tertiary/aromatic N) is 1. The molecule has 3 aromatic rings. The molecule has 3 heterocycles. The summed E-state index contributed by atoms with van der Waals surface area (Å²) in [5.74, 6) is 0.784. The summed E-state index contributed by atoms with van der Waals surface area (Å²) in [7, 11) is 0. The van der Waals surface area contributed by atoms with Crippen molar-refractivity contribution in [3.05, 3.63) is 83.2 Å². The van der Waals surface area contributed by atoms with E-state index in [0.29, 0.717) is 13.0 Å². The number of nitrogens with one attached hydrogen (secondary N) is 1. The number of rotatable bonds is 3. The Morgan fingerprint density at radius 3 is 2.69 bits per heavy atom. The van der Waals surface area contributed by atoms with Crippen LogP contribution in [-0.4, -0.2) is 22.8 Å². The molecule has 29 heavy (non-hydrogen) atoms. The van der Waals surface area contributed by atoms with Crippen LogP contribution in [0.25, 0.3) is 0 Å². The van der Waals surface area contributed by atoms with Gasteiger partial charge in [0.2, 0.25) is 5.91 Å². The summed E-state index contributed by atoms with van der Waals surface area (Å²) in [5.41, 5.74) is 3.21. The molecule has 0 spiro atoms. The molecule has 1 aliphatic heterocycles. The van der Waals surface area contributed by atoms with Crippen molar-refractivity contribution >= 4 is 11.8 Å². The normalized spacial score (nSPS) is 20.6. The fourth-order valence-corrected chi connectivity index (χ4v) is 4.42. The van der Waals surface area contributed by atoms with Crippen LogP contribution in [0.1, 0.15) is 51.9 Å². The molecule has 0 bridgehead atoms. The van der Waals surface area contributed by atoms with Crippen LogP contribution in [0.3, 0.4) is 0 Å². The molecule has 0 fully saturated rings. The lowest BCUT2D eigenvalue weighted by atomic mass is 9.91. The molecule has 148 valence electrons. The minimum absolute atomic E-state index is 0.0808. The Kier molecular flexibility index (Phi) is 4.46. The van der Waals surface area contributed by atoms with Gasteiger partial charge in [0, 0.05) is 24.9 Å². The maximum absolute atomic E-state index is 13.3. The summed E-state index contributed by atoms with van der Waals surface area (Å²) < 4.78 is 10.9. The molecular formula is C23H22N2O4. The number of amides is 2. The van der Waals surface area contributed by atoms with Crippen molar-refractivity contribution in [2.24, 2.45) is 0 Å². The molecule has 2 aromatic heterocycles. The maximum atomic E-state index is 13.3. The van der Waals surface area contributed by atoms with Crippen molar-refractivity contribution < 1.29 is 18.4 Å². The molecule has 0 saturated carbocycles. The van der Waals surface area contributed by atoms with Gasteiger partial charge in [0.25, 0.3) is 5.91 Å². The fourth-order valence-electron chi connectivity index (χ4n) is 4.42. The lowest BCUT2D eigenvalue weighted by Gasteiger charge is -2.36. The zero-order valence-electron chi connectivity index (χ0n) is 16.0. The van der Waals surface area contributed by atoms with Crippen LogP contribution in [0.5, 0.6) is 0 Å². The molecule has 1 N–H and O–H groups in total. The lowest BCUT2D eigenvalue weighted by molar-refractivity contribution is -0.127. The SMILES string of the molecule is O=C(NC1CCCc2occc21)C1Cc2ccccc2CN1C(=O)c1ccco1. The minimum atomic E-state index is -0.584. The van der Waals surface area contributed by atoms with Gasteiger partial charge in [-0.25, -0.2) is 0 Å². The van der Waals surface area contributed by atoms with Gasteiger partial charge in [0.1, 0.15) is 11.8 Å². The molecule has 6 heteroatoms. The van der Waals surface area contributed by atoms with Gasteiger partial charge in [0.05, 0.1) is 18.6 Å². The van der Waals surface area contributed by atoms with Crippen LogP contribution in [-0.2, 0) is 24.2 Å². The first-order valence-corrected chi connectivity index (χ1v) is 9.98. The van der Waals surface area contributed by atoms with E-state index in [9.17, 15) is 9.59 Å². The van der Waals surface area contributed by atoms with Crippen molar-refractivity contribution in [2.75, 3.05) is 0 Å². The van der Waals surface area contributed by atoms with Crippen molar-refractivity contribution in [2.45, 2.75) is 44.3 Å². The highest BCUT2D eigenvalue weighted by molar-refractivity contribution is 5.96. The molecule has 0 saturated heterocycles. The smallest absolute Gasteiger partial charge is 0.290 e. The summed E-state index contributed by atoms with van der Waals surface area (Å²) in [6.45, 7) is 0.384. The van der Waals surface area contributed by atoms with Gasteiger partial charge in [-0.2, -0.15) is 0 Å². The summed E-state index contributed by atoms with van der Waals surface area (Å²) in [6.07, 6.45) is 6.37. The number of hydrogen-bond donors (Lipinski definition) is 1. The first-order valence-electron chi connectivity index (χ1n) is 9.98. The van der Waals surface area contributed by atoms with Crippen LogP contribution >= 0.6 is 0 Å². The van der Waals surface area contributed by atoms with E-state index in [4.69, 9.17) is 8.83 Å². The second-order valence-electron chi connectivity index (χ2n) is 7.65. The number of aryl methyl sites for hydroxylation is 1. The summed E-state index contributed by atoms with van der Waals surface area (Å²) in [4.78, 5) is 28.0. The number of fused-ring (bicyclic) bond motifs is 2. The van der Waals surface area contributed by atoms with E-state index in [2.05, 4.69) is 5.32 Å². The Labute approximate surface area is 168 Å². The highest BCUT2D eigenvalue weighted by Crippen LogP contribution is 2.31. The molecular weight excluding hydrogens is 368 g/mol. The Hall–Kier alpha value is -3.28. The number of furan rings is 2. The van der Waals surface area contributed by atoms with Gasteiger partial charge in [-0.3, -0.25) is 9.59 Å². The number of hydrogen-bond acceptors (Lipinski definition) is 4. The largest absolute Gasteiger partial charge is 0.469 e. The summed E-state index contributed by atoms with van der Waals surface area (Å²) in [6, 6.07) is 12.5. The highest BCUT2D eigenvalue weighted by atomic mass is 16.3. The molecule has 1 aliphatic carbocycles. The maximum Gasteiger partial charge on any atom is 0.290 e. The third-order valence-corrected chi connectivity index (χ3v) is 5.91. The molecule has 5 rings (SSSR count). The van der Waals surface area contributed by atoms with Crippen molar-refractivity contribution in [3.8, 4) is 0 Å².